The summed E-state index contributed by atoms with van der Waals surface area (Å²) in [7, 11) is 1.60. The van der Waals surface area contributed by atoms with Crippen LogP contribution < -0.4 is 21.9 Å². The molecule has 3 aromatic heterocycles. The van der Waals surface area contributed by atoms with Gasteiger partial charge in [0.15, 0.2) is 11.5 Å². The van der Waals surface area contributed by atoms with Crippen molar-refractivity contribution in [2.75, 3.05) is 18.6 Å². The van der Waals surface area contributed by atoms with Gasteiger partial charge in [0.2, 0.25) is 0 Å². The maximum atomic E-state index is 6.57. The van der Waals surface area contributed by atoms with E-state index in [4.69, 9.17) is 31.9 Å². The Morgan fingerprint density at radius 1 is 0.944 bits per heavy atom. The van der Waals surface area contributed by atoms with Crippen LogP contribution in [0.3, 0.4) is 0 Å². The van der Waals surface area contributed by atoms with Crippen LogP contribution in [0.15, 0.2) is 72.9 Å². The fourth-order valence-electron chi connectivity index (χ4n) is 4.81. The van der Waals surface area contributed by atoms with E-state index in [1.165, 1.54) is 0 Å². The standard InChI is InChI=1S/C28H27N7O/c1-36-24-16-17(5-10-21(24)29)22-11-12-23-27(33-22)35(26(34-23)20-4-2-15-32-25(20)30)19-8-6-18(7-9-19)28(31)13-3-14-28/h2,4-12,15-16H,3,13-14,29,31H2,1H3,(H2,30,32). The zero-order valence-electron chi connectivity index (χ0n) is 20.0. The first kappa shape index (κ1) is 22.1. The number of ether oxygens (including phenoxy) is 1. The van der Waals surface area contributed by atoms with Gasteiger partial charge in [-0.3, -0.25) is 4.57 Å². The Bertz CT molecular complexity index is 1590. The van der Waals surface area contributed by atoms with Gasteiger partial charge in [-0.2, -0.15) is 0 Å². The van der Waals surface area contributed by atoms with E-state index in [-0.39, 0.29) is 5.54 Å². The maximum absolute atomic E-state index is 6.57. The summed E-state index contributed by atoms with van der Waals surface area (Å²) in [5, 5.41) is 0. The molecule has 6 N–H and O–H groups in total. The second-order valence-corrected chi connectivity index (χ2v) is 9.26. The number of nitrogen functional groups attached to an aromatic ring is 2. The highest BCUT2D eigenvalue weighted by atomic mass is 16.5. The summed E-state index contributed by atoms with van der Waals surface area (Å²) in [4.78, 5) is 14.2. The number of aromatic nitrogens is 4. The lowest BCUT2D eigenvalue weighted by atomic mass is 9.73. The van der Waals surface area contributed by atoms with Crippen LogP contribution in [0.5, 0.6) is 5.75 Å². The highest BCUT2D eigenvalue weighted by Crippen LogP contribution is 2.39. The molecule has 1 fully saturated rings. The number of rotatable bonds is 5. The molecule has 0 amide bonds. The number of nitrogens with two attached hydrogens (primary N) is 3. The second-order valence-electron chi connectivity index (χ2n) is 9.26. The molecule has 3 heterocycles. The zero-order chi connectivity index (χ0) is 24.9. The van der Waals surface area contributed by atoms with E-state index in [0.717, 1.165) is 52.9 Å². The Labute approximate surface area is 208 Å². The Balaban J connectivity index is 1.55. The predicted molar refractivity (Wildman–Crippen MR) is 143 cm³/mol. The molecule has 0 saturated heterocycles. The van der Waals surface area contributed by atoms with Gasteiger partial charge in [0.1, 0.15) is 17.1 Å². The largest absolute Gasteiger partial charge is 0.495 e. The summed E-state index contributed by atoms with van der Waals surface area (Å²) in [6.07, 6.45) is 4.85. The highest BCUT2D eigenvalue weighted by Gasteiger charge is 2.34. The Hall–Kier alpha value is -4.43. The average molecular weight is 478 g/mol. The van der Waals surface area contributed by atoms with E-state index in [1.807, 2.05) is 47.0 Å². The topological polar surface area (TPSA) is 131 Å². The van der Waals surface area contributed by atoms with Crippen molar-refractivity contribution in [3.8, 4) is 34.1 Å². The van der Waals surface area contributed by atoms with Gasteiger partial charge < -0.3 is 21.9 Å². The third-order valence-electron chi connectivity index (χ3n) is 7.06. The average Bonchev–Trinajstić information content (AvgIpc) is 3.26. The SMILES string of the molecule is COc1cc(-c2ccc3nc(-c4cccnc4N)n(-c4ccc(C5(N)CCC5)cc4)c3n2)ccc1N. The molecule has 2 aromatic carbocycles. The fraction of sp³-hybridized carbons (Fsp3) is 0.179. The van der Waals surface area contributed by atoms with Crippen LogP contribution in [0.2, 0.25) is 0 Å². The van der Waals surface area contributed by atoms with Gasteiger partial charge in [0.05, 0.1) is 24.1 Å². The summed E-state index contributed by atoms with van der Waals surface area (Å²) in [5.74, 6) is 1.69. The van der Waals surface area contributed by atoms with Crippen molar-refractivity contribution < 1.29 is 4.74 Å². The van der Waals surface area contributed by atoms with Crippen molar-refractivity contribution in [3.05, 3.63) is 78.5 Å². The van der Waals surface area contributed by atoms with Gasteiger partial charge in [-0.05, 0) is 73.4 Å². The van der Waals surface area contributed by atoms with Crippen molar-refractivity contribution in [3.63, 3.8) is 0 Å². The van der Waals surface area contributed by atoms with Crippen molar-refractivity contribution in [1.82, 2.24) is 19.5 Å². The lowest BCUT2D eigenvalue weighted by molar-refractivity contribution is 0.253. The van der Waals surface area contributed by atoms with Crippen LogP contribution in [0.25, 0.3) is 39.5 Å². The van der Waals surface area contributed by atoms with Gasteiger partial charge >= 0.3 is 0 Å². The molecule has 0 spiro atoms. The van der Waals surface area contributed by atoms with E-state index < -0.39 is 0 Å². The number of benzene rings is 2. The van der Waals surface area contributed by atoms with E-state index in [9.17, 15) is 0 Å². The van der Waals surface area contributed by atoms with Crippen LogP contribution in [0.4, 0.5) is 11.5 Å². The number of imidazole rings is 1. The fourth-order valence-corrected chi connectivity index (χ4v) is 4.81. The molecular formula is C28H27N7O. The molecule has 1 aliphatic rings. The van der Waals surface area contributed by atoms with E-state index in [0.29, 0.717) is 28.7 Å². The first-order valence-corrected chi connectivity index (χ1v) is 11.9. The van der Waals surface area contributed by atoms with E-state index in [2.05, 4.69) is 29.2 Å². The number of hydrogen-bond acceptors (Lipinski definition) is 7. The van der Waals surface area contributed by atoms with Gasteiger partial charge in [0, 0.05) is 23.0 Å². The monoisotopic (exact) mass is 477 g/mol. The zero-order valence-corrected chi connectivity index (χ0v) is 20.0. The summed E-state index contributed by atoms with van der Waals surface area (Å²) in [6, 6.07) is 21.7. The summed E-state index contributed by atoms with van der Waals surface area (Å²) in [5.41, 5.74) is 25.1. The predicted octanol–water partition coefficient (Wildman–Crippen LogP) is 4.66. The van der Waals surface area contributed by atoms with Gasteiger partial charge in [-0.15, -0.1) is 0 Å². The quantitative estimate of drug-likeness (QED) is 0.314. The normalized spacial score (nSPS) is 14.5. The number of pyridine rings is 2. The van der Waals surface area contributed by atoms with Gasteiger partial charge in [0.25, 0.3) is 0 Å². The summed E-state index contributed by atoms with van der Waals surface area (Å²) >= 11 is 0. The third kappa shape index (κ3) is 3.54. The molecule has 5 aromatic rings. The molecule has 1 aliphatic carbocycles. The maximum Gasteiger partial charge on any atom is 0.165 e. The first-order valence-electron chi connectivity index (χ1n) is 11.9. The number of anilines is 2. The molecule has 0 aliphatic heterocycles. The summed E-state index contributed by atoms with van der Waals surface area (Å²) < 4.78 is 7.44. The minimum atomic E-state index is -0.230. The minimum Gasteiger partial charge on any atom is -0.495 e. The van der Waals surface area contributed by atoms with Gasteiger partial charge in [-0.25, -0.2) is 15.0 Å². The first-order chi connectivity index (χ1) is 17.5. The molecule has 0 bridgehead atoms. The van der Waals surface area contributed by atoms with Crippen LogP contribution in [0.1, 0.15) is 24.8 Å². The highest BCUT2D eigenvalue weighted by molar-refractivity contribution is 5.85. The number of methoxy groups -OCH3 is 1. The van der Waals surface area contributed by atoms with Gasteiger partial charge in [-0.1, -0.05) is 18.2 Å². The molecule has 36 heavy (non-hydrogen) atoms. The molecular weight excluding hydrogens is 450 g/mol. The third-order valence-corrected chi connectivity index (χ3v) is 7.06. The van der Waals surface area contributed by atoms with Crippen LogP contribution in [-0.4, -0.2) is 26.6 Å². The van der Waals surface area contributed by atoms with E-state index >= 15 is 0 Å². The van der Waals surface area contributed by atoms with Crippen LogP contribution >= 0.6 is 0 Å². The Kier molecular flexibility index (Phi) is 5.12. The van der Waals surface area contributed by atoms with Crippen molar-refractivity contribution >= 4 is 22.7 Å². The van der Waals surface area contributed by atoms with E-state index in [1.54, 1.807) is 13.3 Å². The number of nitrogens with zero attached hydrogens (tertiary/aromatic N) is 4. The molecule has 0 radical (unpaired) electrons. The van der Waals surface area contributed by atoms with Crippen molar-refractivity contribution in [2.45, 2.75) is 24.8 Å². The molecule has 180 valence electrons. The van der Waals surface area contributed by atoms with Crippen molar-refractivity contribution in [1.29, 1.82) is 0 Å². The molecule has 0 atom stereocenters. The molecule has 1 saturated carbocycles. The molecule has 6 rings (SSSR count). The Morgan fingerprint density at radius 3 is 2.44 bits per heavy atom. The lowest BCUT2D eigenvalue weighted by Crippen LogP contribution is -2.43. The van der Waals surface area contributed by atoms with Crippen LogP contribution in [0, 0.1) is 0 Å². The second kappa shape index (κ2) is 8.35. The lowest BCUT2D eigenvalue weighted by Gasteiger charge is -2.38. The van der Waals surface area contributed by atoms with Crippen LogP contribution in [-0.2, 0) is 5.54 Å². The molecule has 8 heteroatoms. The van der Waals surface area contributed by atoms with Crippen molar-refractivity contribution in [2.24, 2.45) is 5.73 Å². The molecule has 0 unspecified atom stereocenters. The smallest absolute Gasteiger partial charge is 0.165 e. The number of hydrogen-bond donors (Lipinski definition) is 3. The summed E-state index contributed by atoms with van der Waals surface area (Å²) in [6.45, 7) is 0. The minimum absolute atomic E-state index is 0.230. The Morgan fingerprint density at radius 2 is 1.75 bits per heavy atom. The molecule has 8 nitrogen and oxygen atoms in total. The number of fused-ring (bicyclic) bond motifs is 1.